The maximum absolute atomic E-state index is 12.7. The van der Waals surface area contributed by atoms with E-state index < -0.39 is 0 Å². The summed E-state index contributed by atoms with van der Waals surface area (Å²) in [5.74, 6) is 2.45. The van der Waals surface area contributed by atoms with Crippen LogP contribution in [0.4, 0.5) is 17.3 Å². The van der Waals surface area contributed by atoms with Crippen LogP contribution in [0.25, 0.3) is 0 Å². The molecule has 3 aliphatic rings. The zero-order valence-electron chi connectivity index (χ0n) is 24.5. The molecular formula is C31H44BrN6O2+. The van der Waals surface area contributed by atoms with Gasteiger partial charge >= 0.3 is 5.97 Å². The van der Waals surface area contributed by atoms with Crippen LogP contribution < -0.4 is 15.5 Å². The van der Waals surface area contributed by atoms with Gasteiger partial charge < -0.3 is 20.4 Å². The van der Waals surface area contributed by atoms with Gasteiger partial charge in [-0.05, 0) is 95.7 Å². The van der Waals surface area contributed by atoms with Gasteiger partial charge in [-0.15, -0.1) is 0 Å². The summed E-state index contributed by atoms with van der Waals surface area (Å²) >= 11 is 3.40. The van der Waals surface area contributed by atoms with Gasteiger partial charge in [0.15, 0.2) is 18.2 Å². The highest BCUT2D eigenvalue weighted by atomic mass is 79.9. The highest BCUT2D eigenvalue weighted by molar-refractivity contribution is 9.10. The number of esters is 1. The first kappa shape index (κ1) is 28.9. The molecule has 0 radical (unpaired) electrons. The molecule has 216 valence electrons. The molecule has 5 atom stereocenters. The zero-order valence-corrected chi connectivity index (χ0v) is 26.1. The highest BCUT2D eigenvalue weighted by Crippen LogP contribution is 2.62. The number of aromatic amines is 1. The van der Waals surface area contributed by atoms with Crippen LogP contribution in [0.3, 0.4) is 0 Å². The van der Waals surface area contributed by atoms with E-state index in [0.717, 1.165) is 54.9 Å². The Bertz CT molecular complexity index is 1320. The summed E-state index contributed by atoms with van der Waals surface area (Å²) in [5.41, 5.74) is 10.7. The summed E-state index contributed by atoms with van der Waals surface area (Å²) in [5, 5.41) is 0. The first-order chi connectivity index (χ1) is 19.0. The molecule has 0 saturated heterocycles. The third-order valence-corrected chi connectivity index (χ3v) is 10.8. The molecule has 3 heterocycles. The van der Waals surface area contributed by atoms with E-state index >= 15 is 0 Å². The van der Waals surface area contributed by atoms with Crippen molar-refractivity contribution in [2.45, 2.75) is 66.2 Å². The number of carbonyl (C=O) groups excluding carboxylic acids is 1. The van der Waals surface area contributed by atoms with Crippen molar-refractivity contribution in [1.29, 1.82) is 0 Å². The van der Waals surface area contributed by atoms with Crippen molar-refractivity contribution in [2.75, 3.05) is 37.5 Å². The van der Waals surface area contributed by atoms with E-state index in [1.807, 2.05) is 0 Å². The van der Waals surface area contributed by atoms with Crippen LogP contribution in [0.2, 0.25) is 0 Å². The molecule has 9 heteroatoms. The molecule has 1 unspecified atom stereocenters. The normalized spacial score (nSPS) is 30.1. The van der Waals surface area contributed by atoms with Crippen molar-refractivity contribution in [3.8, 4) is 0 Å². The Labute approximate surface area is 246 Å². The lowest BCUT2D eigenvalue weighted by molar-refractivity contribution is -0.805. The van der Waals surface area contributed by atoms with E-state index in [2.05, 4.69) is 82.7 Å². The molecule has 4 N–H and O–H groups in total. The van der Waals surface area contributed by atoms with Crippen LogP contribution in [-0.4, -0.2) is 47.8 Å². The average molecular weight is 613 g/mol. The Kier molecular flexibility index (Phi) is 8.17. The van der Waals surface area contributed by atoms with Crippen LogP contribution in [0.5, 0.6) is 0 Å². The van der Waals surface area contributed by atoms with Gasteiger partial charge in [-0.25, -0.2) is 9.78 Å². The van der Waals surface area contributed by atoms with Gasteiger partial charge in [0.05, 0.1) is 7.05 Å². The molecule has 2 aliphatic carbocycles. The van der Waals surface area contributed by atoms with Gasteiger partial charge in [-0.3, -0.25) is 4.90 Å². The Balaban J connectivity index is 1.24. The number of rotatable bonds is 8. The number of nitrogen functional groups attached to an aromatic ring is 1. The number of allylic oxidation sites excluding steroid dienone is 2. The molecule has 40 heavy (non-hydrogen) atoms. The molecule has 0 bridgehead atoms. The number of fused-ring (bicyclic) bond motifs is 2. The lowest BCUT2D eigenvalue weighted by atomic mass is 9.47. The highest BCUT2D eigenvalue weighted by Gasteiger charge is 2.53. The predicted octanol–water partition coefficient (Wildman–Crippen LogP) is 5.44. The summed E-state index contributed by atoms with van der Waals surface area (Å²) in [6.07, 6.45) is 14.8. The van der Waals surface area contributed by atoms with Crippen LogP contribution in [0, 0.1) is 22.7 Å². The third kappa shape index (κ3) is 5.34. The fourth-order valence-corrected chi connectivity index (χ4v) is 7.92. The molecule has 1 fully saturated rings. The van der Waals surface area contributed by atoms with Gasteiger partial charge in [0.25, 0.3) is 5.82 Å². The van der Waals surface area contributed by atoms with Gasteiger partial charge in [-0.1, -0.05) is 38.5 Å². The van der Waals surface area contributed by atoms with Crippen molar-refractivity contribution in [3.05, 3.63) is 52.1 Å². The first-order valence-electron chi connectivity index (χ1n) is 14.6. The van der Waals surface area contributed by atoms with Gasteiger partial charge in [0.1, 0.15) is 18.6 Å². The number of anilines is 2. The summed E-state index contributed by atoms with van der Waals surface area (Å²) < 4.78 is 6.67. The molecule has 8 nitrogen and oxygen atoms in total. The zero-order chi connectivity index (χ0) is 28.7. The number of ether oxygens (including phenoxy) is 1. The summed E-state index contributed by atoms with van der Waals surface area (Å²) in [4.78, 5) is 27.8. The first-order valence-corrected chi connectivity index (χ1v) is 15.4. The maximum Gasteiger partial charge on any atom is 0.355 e. The fourth-order valence-electron chi connectivity index (χ4n) is 7.58. The second kappa shape index (κ2) is 11.3. The van der Waals surface area contributed by atoms with Crippen LogP contribution in [-0.2, 0) is 4.74 Å². The number of carbonyl (C=O) groups is 1. The Morgan fingerprint density at radius 1 is 1.35 bits per heavy atom. The molecular weight excluding hydrogens is 568 g/mol. The second-order valence-corrected chi connectivity index (χ2v) is 13.6. The topological polar surface area (TPSA) is 102 Å². The van der Waals surface area contributed by atoms with E-state index in [1.54, 1.807) is 18.6 Å². The number of nitrogens with one attached hydrogen (secondary N) is 2. The van der Waals surface area contributed by atoms with Crippen molar-refractivity contribution in [3.63, 3.8) is 0 Å². The number of quaternary nitrogens is 1. The summed E-state index contributed by atoms with van der Waals surface area (Å²) in [6, 6.07) is 1.77. The van der Waals surface area contributed by atoms with Crippen molar-refractivity contribution in [2.24, 2.45) is 22.7 Å². The Hall–Kier alpha value is -2.65. The number of hydrogen-bond acceptors (Lipinski definition) is 6. The van der Waals surface area contributed by atoms with E-state index in [9.17, 15) is 4.79 Å². The van der Waals surface area contributed by atoms with Crippen LogP contribution >= 0.6 is 15.9 Å². The standard InChI is InChI=1S/C31H43BrN6O2/c1-20(11-14-38-19-37(5)28-26(38)27(33)35-18-36-28)9-12-30(3)21(2)10-13-31(4)22(7-6-8-25(30)31)17-40-29(39)24-15-23(32)16-34-24/h7,11,15-16,18,21,25,34H,6,8-10,12-14,17,19H2,1-5H3,(H2,33,35,36)/p+1/b20-11+/t21-,25+,30-,31+/m1/s1. The largest absolute Gasteiger partial charge is 0.456 e. The molecule has 2 aromatic heterocycles. The number of nitrogens with two attached hydrogens (primary N) is 1. The quantitative estimate of drug-likeness (QED) is 0.271. The minimum atomic E-state index is -0.299. The van der Waals surface area contributed by atoms with Gasteiger partial charge in [0.2, 0.25) is 0 Å². The SMILES string of the molecule is C/C(=C\CN1C[NH+](C)c2ncnc(N)c21)CC[C@]1(C)[C@H](C)CC[C@@]2(C)C(COC(=O)c3cc(Br)c[nH]3)=CCC[C@@H]12. The van der Waals surface area contributed by atoms with Crippen molar-refractivity contribution < 1.29 is 14.4 Å². The average Bonchev–Trinajstić information content (AvgIpc) is 3.51. The predicted molar refractivity (Wildman–Crippen MR) is 162 cm³/mol. The number of nitrogens with zero attached hydrogens (tertiary/aromatic N) is 3. The second-order valence-electron chi connectivity index (χ2n) is 12.7. The molecule has 1 saturated carbocycles. The molecule has 2 aromatic rings. The summed E-state index contributed by atoms with van der Waals surface area (Å²) in [6.45, 7) is 11.7. The minimum absolute atomic E-state index is 0.0534. The molecule has 0 aromatic carbocycles. The smallest absolute Gasteiger partial charge is 0.355 e. The Morgan fingerprint density at radius 3 is 2.90 bits per heavy atom. The van der Waals surface area contributed by atoms with Crippen LogP contribution in [0.15, 0.2) is 46.4 Å². The Morgan fingerprint density at radius 2 is 2.15 bits per heavy atom. The minimum Gasteiger partial charge on any atom is -0.456 e. The number of H-pyrrole nitrogens is 1. The van der Waals surface area contributed by atoms with Gasteiger partial charge in [-0.2, -0.15) is 4.98 Å². The summed E-state index contributed by atoms with van der Waals surface area (Å²) in [7, 11) is 2.12. The fraction of sp³-hybridized carbons (Fsp3) is 0.581. The van der Waals surface area contributed by atoms with Gasteiger partial charge in [0, 0.05) is 17.2 Å². The van der Waals surface area contributed by atoms with Crippen molar-refractivity contribution >= 4 is 39.2 Å². The molecule has 0 spiro atoms. The maximum atomic E-state index is 12.7. The molecule has 1 aliphatic heterocycles. The lowest BCUT2D eigenvalue weighted by Gasteiger charge is -2.58. The number of hydrogen-bond donors (Lipinski definition) is 3. The number of aromatic nitrogens is 3. The van der Waals surface area contributed by atoms with E-state index in [4.69, 9.17) is 10.5 Å². The van der Waals surface area contributed by atoms with Crippen LogP contribution in [0.1, 0.15) is 76.7 Å². The lowest BCUT2D eigenvalue weighted by Crippen LogP contribution is -3.03. The number of halogens is 1. The monoisotopic (exact) mass is 611 g/mol. The van der Waals surface area contributed by atoms with E-state index in [1.165, 1.54) is 28.9 Å². The van der Waals surface area contributed by atoms with Crippen molar-refractivity contribution in [1.82, 2.24) is 15.0 Å². The molecule has 0 amide bonds. The van der Waals surface area contributed by atoms with E-state index in [0.29, 0.717) is 30.0 Å². The molecule has 5 rings (SSSR count). The van der Waals surface area contributed by atoms with E-state index in [-0.39, 0.29) is 16.8 Å². The third-order valence-electron chi connectivity index (χ3n) is 10.3.